The van der Waals surface area contributed by atoms with Crippen molar-refractivity contribution in [1.82, 2.24) is 5.01 Å². The average Bonchev–Trinajstić information content (AvgIpc) is 3.12. The predicted molar refractivity (Wildman–Crippen MR) is 133 cm³/mol. The number of carbonyl (C=O) groups is 1. The molecule has 0 saturated heterocycles. The van der Waals surface area contributed by atoms with Gasteiger partial charge in [0.25, 0.3) is 0 Å². The van der Waals surface area contributed by atoms with Crippen molar-refractivity contribution < 1.29 is 22.7 Å². The Bertz CT molecular complexity index is 1230. The van der Waals surface area contributed by atoms with Crippen LogP contribution in [0.4, 0.5) is 18.9 Å². The first-order valence-corrected chi connectivity index (χ1v) is 11.7. The number of alkyl halides is 3. The third-order valence-corrected chi connectivity index (χ3v) is 6.34. The monoisotopic (exact) mass is 565 g/mol. The second-order valence-electron chi connectivity index (χ2n) is 8.24. The van der Waals surface area contributed by atoms with E-state index in [0.717, 1.165) is 15.6 Å². The minimum atomic E-state index is -4.77. The van der Waals surface area contributed by atoms with Crippen LogP contribution in [-0.4, -0.2) is 36.1 Å². The molecule has 0 bridgehead atoms. The molecule has 3 aromatic rings. The van der Waals surface area contributed by atoms with Crippen molar-refractivity contribution in [3.05, 3.63) is 93.4 Å². The molecule has 1 N–H and O–H groups in total. The van der Waals surface area contributed by atoms with Gasteiger partial charge in [-0.1, -0.05) is 51.8 Å². The summed E-state index contributed by atoms with van der Waals surface area (Å²) in [4.78, 5) is 12.7. The van der Waals surface area contributed by atoms with E-state index in [9.17, 15) is 18.0 Å². The maximum Gasteiger partial charge on any atom is 0.573 e. The Morgan fingerprint density at radius 2 is 1.71 bits per heavy atom. The van der Waals surface area contributed by atoms with E-state index in [1.54, 1.807) is 41.4 Å². The highest BCUT2D eigenvalue weighted by atomic mass is 79.9. The maximum absolute atomic E-state index is 12.7. The normalized spacial score (nSPS) is 17.8. The molecular formula is C25H20BrClF3N3O2. The lowest BCUT2D eigenvalue weighted by Crippen LogP contribution is -2.38. The lowest BCUT2D eigenvalue weighted by molar-refractivity contribution is -0.274. The second kappa shape index (κ2) is 9.91. The third-order valence-electron chi connectivity index (χ3n) is 5.56. The molecule has 1 atom stereocenters. The zero-order valence-corrected chi connectivity index (χ0v) is 20.8. The number of hydrogen-bond acceptors (Lipinski definition) is 4. The van der Waals surface area contributed by atoms with Crippen molar-refractivity contribution in [2.45, 2.75) is 18.7 Å². The van der Waals surface area contributed by atoms with Crippen molar-refractivity contribution in [3.63, 3.8) is 0 Å². The van der Waals surface area contributed by atoms with Crippen LogP contribution < -0.4 is 10.1 Å². The van der Waals surface area contributed by atoms with Crippen LogP contribution in [0.1, 0.15) is 18.1 Å². The van der Waals surface area contributed by atoms with E-state index in [1.807, 2.05) is 31.2 Å². The highest BCUT2D eigenvalue weighted by Crippen LogP contribution is 2.36. The topological polar surface area (TPSA) is 53.9 Å². The maximum atomic E-state index is 12.7. The van der Waals surface area contributed by atoms with E-state index in [1.165, 1.54) is 12.1 Å². The number of ether oxygens (including phenoxy) is 1. The first kappa shape index (κ1) is 25.1. The molecule has 1 heterocycles. The van der Waals surface area contributed by atoms with Crippen molar-refractivity contribution >= 4 is 44.8 Å². The number of hydrazone groups is 1. The summed E-state index contributed by atoms with van der Waals surface area (Å²) in [5.74, 6) is -0.553. The molecule has 5 nitrogen and oxygen atoms in total. The van der Waals surface area contributed by atoms with E-state index in [4.69, 9.17) is 16.7 Å². The zero-order valence-electron chi connectivity index (χ0n) is 18.4. The van der Waals surface area contributed by atoms with E-state index in [0.29, 0.717) is 23.0 Å². The quantitative estimate of drug-likeness (QED) is 0.365. The highest BCUT2D eigenvalue weighted by molar-refractivity contribution is 9.10. The van der Waals surface area contributed by atoms with Gasteiger partial charge in [-0.05, 0) is 66.6 Å². The third kappa shape index (κ3) is 6.15. The van der Waals surface area contributed by atoms with E-state index in [-0.39, 0.29) is 18.2 Å². The first-order chi connectivity index (χ1) is 16.5. The molecule has 4 rings (SSSR count). The molecule has 1 aliphatic rings. The molecule has 182 valence electrons. The lowest BCUT2D eigenvalue weighted by Gasteiger charge is -2.27. The van der Waals surface area contributed by atoms with Gasteiger partial charge in [0.1, 0.15) is 12.3 Å². The highest BCUT2D eigenvalue weighted by Gasteiger charge is 2.41. The van der Waals surface area contributed by atoms with Gasteiger partial charge in [0, 0.05) is 15.2 Å². The smallest absolute Gasteiger partial charge is 0.406 e. The Hall–Kier alpha value is -3.04. The molecular weight excluding hydrogens is 547 g/mol. The van der Waals surface area contributed by atoms with Gasteiger partial charge < -0.3 is 10.1 Å². The SMILES string of the molecule is CC1(c2ccc(OC(F)(F)F)cc2)CN(CC(=O)Nc2ccc(Br)cc2)N=C1c1ccc(Cl)cc1. The van der Waals surface area contributed by atoms with Crippen LogP contribution in [-0.2, 0) is 10.2 Å². The van der Waals surface area contributed by atoms with Gasteiger partial charge in [0.05, 0.1) is 17.7 Å². The molecule has 0 aliphatic carbocycles. The fraction of sp³-hybridized carbons (Fsp3) is 0.200. The minimum absolute atomic E-state index is 0.00197. The Morgan fingerprint density at radius 1 is 1.09 bits per heavy atom. The molecule has 0 radical (unpaired) electrons. The minimum Gasteiger partial charge on any atom is -0.406 e. The van der Waals surface area contributed by atoms with Gasteiger partial charge in [-0.25, -0.2) is 0 Å². The fourth-order valence-corrected chi connectivity index (χ4v) is 4.34. The summed E-state index contributed by atoms with van der Waals surface area (Å²) in [5, 5.41) is 9.78. The summed E-state index contributed by atoms with van der Waals surface area (Å²) in [6.45, 7) is 2.28. The molecule has 0 fully saturated rings. The Labute approximate surface area is 213 Å². The molecule has 1 unspecified atom stereocenters. The van der Waals surface area contributed by atoms with Gasteiger partial charge in [-0.3, -0.25) is 9.80 Å². The summed E-state index contributed by atoms with van der Waals surface area (Å²) < 4.78 is 42.7. The summed E-state index contributed by atoms with van der Waals surface area (Å²) in [5.41, 5.74) is 2.15. The number of rotatable bonds is 6. The molecule has 0 spiro atoms. The number of carbonyl (C=O) groups excluding carboxylic acids is 1. The number of nitrogens with zero attached hydrogens (tertiary/aromatic N) is 2. The number of nitrogens with one attached hydrogen (secondary N) is 1. The Morgan fingerprint density at radius 3 is 2.31 bits per heavy atom. The predicted octanol–water partition coefficient (Wildman–Crippen LogP) is 6.62. The average molecular weight is 567 g/mol. The van der Waals surface area contributed by atoms with Gasteiger partial charge in [0.2, 0.25) is 5.91 Å². The molecule has 0 aromatic heterocycles. The zero-order chi connectivity index (χ0) is 25.2. The second-order valence-corrected chi connectivity index (χ2v) is 9.59. The summed E-state index contributed by atoms with van der Waals surface area (Å²) in [6.07, 6.45) is -4.77. The van der Waals surface area contributed by atoms with Crippen LogP contribution in [0.5, 0.6) is 5.75 Å². The molecule has 35 heavy (non-hydrogen) atoms. The van der Waals surface area contributed by atoms with E-state index < -0.39 is 11.8 Å². The largest absolute Gasteiger partial charge is 0.573 e. The van der Waals surface area contributed by atoms with E-state index >= 15 is 0 Å². The molecule has 1 aliphatic heterocycles. The lowest BCUT2D eigenvalue weighted by atomic mass is 9.76. The van der Waals surface area contributed by atoms with Gasteiger partial charge in [-0.2, -0.15) is 5.10 Å². The van der Waals surface area contributed by atoms with Crippen molar-refractivity contribution in [1.29, 1.82) is 0 Å². The van der Waals surface area contributed by atoms with Gasteiger partial charge in [-0.15, -0.1) is 13.2 Å². The van der Waals surface area contributed by atoms with Crippen molar-refractivity contribution in [3.8, 4) is 5.75 Å². The molecule has 1 amide bonds. The van der Waals surface area contributed by atoms with Crippen LogP contribution in [0.2, 0.25) is 5.02 Å². The Kier molecular flexibility index (Phi) is 7.10. The number of halogens is 5. The van der Waals surface area contributed by atoms with Crippen LogP contribution >= 0.6 is 27.5 Å². The number of anilines is 1. The van der Waals surface area contributed by atoms with Gasteiger partial charge in [0.15, 0.2) is 0 Å². The van der Waals surface area contributed by atoms with Crippen LogP contribution in [0.25, 0.3) is 0 Å². The standard InChI is InChI=1S/C25H20BrClF3N3O2/c1-24(17-4-12-21(13-5-17)35-25(28,29)30)15-33(32-23(24)16-2-8-19(27)9-3-16)14-22(34)31-20-10-6-18(26)7-11-20/h2-13H,14-15H2,1H3,(H,31,34). The number of amides is 1. The van der Waals surface area contributed by atoms with Crippen LogP contribution in [0, 0.1) is 0 Å². The molecule has 3 aromatic carbocycles. The van der Waals surface area contributed by atoms with Crippen LogP contribution in [0.3, 0.4) is 0 Å². The molecule has 10 heteroatoms. The molecule has 0 saturated carbocycles. The summed E-state index contributed by atoms with van der Waals surface area (Å²) in [7, 11) is 0. The summed E-state index contributed by atoms with van der Waals surface area (Å²) in [6, 6.07) is 20.1. The van der Waals surface area contributed by atoms with Crippen molar-refractivity contribution in [2.75, 3.05) is 18.4 Å². The fourth-order valence-electron chi connectivity index (χ4n) is 3.95. The first-order valence-electron chi connectivity index (χ1n) is 10.5. The van der Waals surface area contributed by atoms with Crippen molar-refractivity contribution in [2.24, 2.45) is 5.10 Å². The van der Waals surface area contributed by atoms with Crippen LogP contribution in [0.15, 0.2) is 82.4 Å². The number of benzene rings is 3. The summed E-state index contributed by atoms with van der Waals surface area (Å²) >= 11 is 9.41. The van der Waals surface area contributed by atoms with E-state index in [2.05, 4.69) is 26.0 Å². The van der Waals surface area contributed by atoms with Gasteiger partial charge >= 0.3 is 6.36 Å². The Balaban J connectivity index is 1.59. The number of hydrogen-bond donors (Lipinski definition) is 1.